The molecule has 9 nitrogen and oxygen atoms in total. The number of methoxy groups -OCH3 is 1. The van der Waals surface area contributed by atoms with Gasteiger partial charge in [-0.1, -0.05) is 41.9 Å². The van der Waals surface area contributed by atoms with Crippen LogP contribution in [0, 0.1) is 5.92 Å². The number of carbonyl (C=O) groups is 4. The zero-order chi connectivity index (χ0) is 28.1. The fourth-order valence-corrected chi connectivity index (χ4v) is 5.18. The Morgan fingerprint density at radius 1 is 1.03 bits per heavy atom. The summed E-state index contributed by atoms with van der Waals surface area (Å²) in [6.07, 6.45) is 0.384. The van der Waals surface area contributed by atoms with Crippen LogP contribution in [0.3, 0.4) is 0 Å². The van der Waals surface area contributed by atoms with Crippen LogP contribution in [0.5, 0.6) is 0 Å². The van der Waals surface area contributed by atoms with E-state index in [-0.39, 0.29) is 43.8 Å². The molecule has 2 aromatic rings. The molecule has 0 saturated heterocycles. The van der Waals surface area contributed by atoms with Crippen LogP contribution in [0.25, 0.3) is 0 Å². The average molecular weight is 553 g/mol. The maximum absolute atomic E-state index is 13.2. The average Bonchev–Trinajstić information content (AvgIpc) is 3.17. The maximum atomic E-state index is 13.2. The normalized spacial score (nSPS) is 18.7. The summed E-state index contributed by atoms with van der Waals surface area (Å²) in [6, 6.07) is 13.7. The van der Waals surface area contributed by atoms with E-state index < -0.39 is 23.8 Å². The van der Waals surface area contributed by atoms with Gasteiger partial charge < -0.3 is 14.2 Å². The molecule has 4 rings (SSSR count). The fourth-order valence-electron chi connectivity index (χ4n) is 4.93. The van der Waals surface area contributed by atoms with Crippen LogP contribution in [-0.4, -0.2) is 67.8 Å². The number of benzene rings is 2. The molecular formula is C29H29ClN2O7. The zero-order valence-corrected chi connectivity index (χ0v) is 22.7. The highest BCUT2D eigenvalue weighted by Crippen LogP contribution is 2.42. The number of carbonyl (C=O) groups excluding carboxylic acids is 4. The standard InChI is InChI=1S/C29H29ClN2O7/c1-4-39-29(36)25-22(16-38-15-9-14-32-26(33)18-10-5-6-11-19(18)27(32)34)31-17(2)23(28(35)37-3)24(25)20-12-7-8-13-21(20)30/h5-8,10-13,23-24H,4,9,14-16H2,1-3H3. The van der Waals surface area contributed by atoms with E-state index in [1.807, 2.05) is 0 Å². The quantitative estimate of drug-likeness (QED) is 0.246. The number of rotatable bonds is 10. The van der Waals surface area contributed by atoms with E-state index in [1.165, 1.54) is 12.0 Å². The van der Waals surface area contributed by atoms with Gasteiger partial charge in [-0.05, 0) is 44.0 Å². The Hall–Kier alpha value is -3.82. The second kappa shape index (κ2) is 12.4. The van der Waals surface area contributed by atoms with E-state index in [2.05, 4.69) is 4.99 Å². The molecule has 0 aliphatic carbocycles. The van der Waals surface area contributed by atoms with Gasteiger partial charge in [0, 0.05) is 29.8 Å². The number of amides is 2. The molecule has 2 aromatic carbocycles. The van der Waals surface area contributed by atoms with Crippen molar-refractivity contribution in [3.63, 3.8) is 0 Å². The lowest BCUT2D eigenvalue weighted by atomic mass is 9.75. The minimum absolute atomic E-state index is 0.0531. The van der Waals surface area contributed by atoms with Gasteiger partial charge in [-0.25, -0.2) is 4.79 Å². The minimum Gasteiger partial charge on any atom is -0.468 e. The second-order valence-electron chi connectivity index (χ2n) is 9.05. The van der Waals surface area contributed by atoms with Crippen LogP contribution in [0.1, 0.15) is 52.5 Å². The Balaban J connectivity index is 1.54. The van der Waals surface area contributed by atoms with Gasteiger partial charge in [-0.3, -0.25) is 24.3 Å². The number of aliphatic imine (C=N–C) groups is 1. The third-order valence-corrected chi connectivity index (χ3v) is 7.04. The molecule has 0 spiro atoms. The molecule has 2 aliphatic heterocycles. The molecular weight excluding hydrogens is 524 g/mol. The van der Waals surface area contributed by atoms with E-state index in [1.54, 1.807) is 62.4 Å². The number of halogens is 1. The lowest BCUT2D eigenvalue weighted by Gasteiger charge is -2.32. The van der Waals surface area contributed by atoms with Gasteiger partial charge in [0.25, 0.3) is 11.8 Å². The van der Waals surface area contributed by atoms with Crippen molar-refractivity contribution < 1.29 is 33.4 Å². The Kier molecular flexibility index (Phi) is 8.93. The minimum atomic E-state index is -0.883. The Labute approximate surface area is 231 Å². The van der Waals surface area contributed by atoms with Crippen LogP contribution in [0.15, 0.2) is 64.8 Å². The highest BCUT2D eigenvalue weighted by molar-refractivity contribution is 6.31. The van der Waals surface area contributed by atoms with Crippen LogP contribution in [0.2, 0.25) is 5.02 Å². The van der Waals surface area contributed by atoms with Crippen LogP contribution in [-0.2, 0) is 23.8 Å². The van der Waals surface area contributed by atoms with Gasteiger partial charge >= 0.3 is 11.9 Å². The van der Waals surface area contributed by atoms with Crippen molar-refractivity contribution >= 4 is 41.1 Å². The SMILES string of the molecule is CCOC(=O)C1=C(COCCCN2C(=O)c3ccccc3C2=O)N=C(C)C(C(=O)OC)C1c1ccccc1Cl. The van der Waals surface area contributed by atoms with E-state index in [9.17, 15) is 19.2 Å². The van der Waals surface area contributed by atoms with Gasteiger partial charge in [0.1, 0.15) is 5.92 Å². The molecule has 2 unspecified atom stereocenters. The molecule has 0 N–H and O–H groups in total. The molecule has 2 atom stereocenters. The first kappa shape index (κ1) is 28.2. The molecule has 0 bridgehead atoms. The number of fused-ring (bicyclic) bond motifs is 1. The van der Waals surface area contributed by atoms with Crippen molar-refractivity contribution in [3.05, 3.63) is 81.5 Å². The number of hydrogen-bond donors (Lipinski definition) is 0. The predicted octanol–water partition coefficient (Wildman–Crippen LogP) is 4.21. The van der Waals surface area contributed by atoms with Crippen molar-refractivity contribution in [3.8, 4) is 0 Å². The second-order valence-corrected chi connectivity index (χ2v) is 9.45. The number of hydrogen-bond acceptors (Lipinski definition) is 8. The Morgan fingerprint density at radius 3 is 2.28 bits per heavy atom. The van der Waals surface area contributed by atoms with E-state index >= 15 is 0 Å². The van der Waals surface area contributed by atoms with E-state index in [0.717, 1.165) is 0 Å². The first-order chi connectivity index (χ1) is 18.8. The largest absolute Gasteiger partial charge is 0.468 e. The first-order valence-electron chi connectivity index (χ1n) is 12.6. The van der Waals surface area contributed by atoms with Gasteiger partial charge in [0.2, 0.25) is 0 Å². The number of esters is 2. The highest BCUT2D eigenvalue weighted by Gasteiger charge is 2.43. The summed E-state index contributed by atoms with van der Waals surface area (Å²) < 4.78 is 16.3. The van der Waals surface area contributed by atoms with Crippen molar-refractivity contribution in [1.82, 2.24) is 4.90 Å². The fraction of sp³-hybridized carbons (Fsp3) is 0.345. The number of nitrogens with zero attached hydrogens (tertiary/aromatic N) is 2. The van der Waals surface area contributed by atoms with E-state index in [4.69, 9.17) is 25.8 Å². The molecule has 39 heavy (non-hydrogen) atoms. The molecule has 2 amide bonds. The molecule has 0 aromatic heterocycles. The molecule has 204 valence electrons. The molecule has 0 radical (unpaired) electrons. The van der Waals surface area contributed by atoms with Gasteiger partial charge in [-0.15, -0.1) is 0 Å². The Morgan fingerprint density at radius 2 is 1.67 bits per heavy atom. The maximum Gasteiger partial charge on any atom is 0.336 e. The molecule has 2 aliphatic rings. The molecule has 0 saturated carbocycles. The lowest BCUT2D eigenvalue weighted by Crippen LogP contribution is -2.37. The summed E-state index contributed by atoms with van der Waals surface area (Å²) in [7, 11) is 1.28. The summed E-state index contributed by atoms with van der Waals surface area (Å²) in [4.78, 5) is 57.0. The third kappa shape index (κ3) is 5.65. The van der Waals surface area contributed by atoms with Gasteiger partial charge in [-0.2, -0.15) is 0 Å². The number of ether oxygens (including phenoxy) is 3. The summed E-state index contributed by atoms with van der Waals surface area (Å²) >= 11 is 6.52. The van der Waals surface area contributed by atoms with Crippen LogP contribution >= 0.6 is 11.6 Å². The predicted molar refractivity (Wildman–Crippen MR) is 144 cm³/mol. The van der Waals surface area contributed by atoms with Crippen LogP contribution < -0.4 is 0 Å². The van der Waals surface area contributed by atoms with Crippen molar-refractivity contribution in [2.24, 2.45) is 10.9 Å². The molecule has 2 heterocycles. The highest BCUT2D eigenvalue weighted by atomic mass is 35.5. The first-order valence-corrected chi connectivity index (χ1v) is 13.0. The van der Waals surface area contributed by atoms with Crippen molar-refractivity contribution in [2.45, 2.75) is 26.2 Å². The van der Waals surface area contributed by atoms with Gasteiger partial charge in [0.15, 0.2) is 0 Å². The van der Waals surface area contributed by atoms with Crippen molar-refractivity contribution in [2.75, 3.05) is 33.5 Å². The van der Waals surface area contributed by atoms with Crippen molar-refractivity contribution in [1.29, 1.82) is 0 Å². The monoisotopic (exact) mass is 552 g/mol. The van der Waals surface area contributed by atoms with Gasteiger partial charge in [0.05, 0.1) is 42.7 Å². The van der Waals surface area contributed by atoms with E-state index in [0.29, 0.717) is 39.5 Å². The topological polar surface area (TPSA) is 112 Å². The molecule has 0 fully saturated rings. The molecule has 10 heteroatoms. The number of imide groups is 1. The zero-order valence-electron chi connectivity index (χ0n) is 21.9. The summed E-state index contributed by atoms with van der Waals surface area (Å²) in [5.74, 6) is -3.51. The van der Waals surface area contributed by atoms with Crippen LogP contribution in [0.4, 0.5) is 0 Å². The lowest BCUT2D eigenvalue weighted by molar-refractivity contribution is -0.144. The third-order valence-electron chi connectivity index (χ3n) is 6.69. The smallest absolute Gasteiger partial charge is 0.336 e. The summed E-state index contributed by atoms with van der Waals surface area (Å²) in [5.41, 5.74) is 2.29. The summed E-state index contributed by atoms with van der Waals surface area (Å²) in [5, 5.41) is 0.383. The summed E-state index contributed by atoms with van der Waals surface area (Å²) in [6.45, 7) is 3.83. The Bertz CT molecular complexity index is 1330.